The highest BCUT2D eigenvalue weighted by atomic mass is 16.5. The van der Waals surface area contributed by atoms with Crippen molar-refractivity contribution in [1.29, 1.82) is 0 Å². The van der Waals surface area contributed by atoms with Crippen LogP contribution in [0, 0.1) is 11.3 Å². The molecule has 2 aromatic rings. The van der Waals surface area contributed by atoms with Crippen molar-refractivity contribution in [3.05, 3.63) is 76.9 Å². The van der Waals surface area contributed by atoms with Gasteiger partial charge in [-0.1, -0.05) is 68.4 Å². The van der Waals surface area contributed by atoms with Gasteiger partial charge in [-0.25, -0.2) is 0 Å². The smallest absolute Gasteiger partial charge is 0.323 e. The molecule has 2 aliphatic rings. The summed E-state index contributed by atoms with van der Waals surface area (Å²) in [7, 11) is 2.53. The molecule has 2 aromatic carbocycles. The molecular formula is C26H26O5. The summed E-state index contributed by atoms with van der Waals surface area (Å²) >= 11 is 0. The molecule has 0 saturated carbocycles. The number of fused-ring (bicyclic) bond motifs is 3. The van der Waals surface area contributed by atoms with E-state index in [4.69, 9.17) is 9.47 Å². The lowest BCUT2D eigenvalue weighted by atomic mass is 9.61. The van der Waals surface area contributed by atoms with Crippen LogP contribution in [0.2, 0.25) is 0 Å². The maximum absolute atomic E-state index is 13.7. The molecule has 0 saturated heterocycles. The number of methoxy groups -OCH3 is 2. The number of allylic oxidation sites excluding steroid dienone is 2. The van der Waals surface area contributed by atoms with Crippen molar-refractivity contribution >= 4 is 23.3 Å². The van der Waals surface area contributed by atoms with Crippen molar-refractivity contribution in [2.24, 2.45) is 11.3 Å². The highest BCUT2D eigenvalue weighted by Crippen LogP contribution is 2.60. The quantitative estimate of drug-likeness (QED) is 0.419. The topological polar surface area (TPSA) is 69.7 Å². The standard InChI is InChI=1S/C26H26O5/c1-25(2)19-13-9-8-12-17(19)21-18(22(27)16-10-6-5-7-11-16)14-26(15-20(21)25,23(28)30-3)24(29)31-4/h5-13,20H,14-15H2,1-4H3. The average molecular weight is 418 g/mol. The molecule has 160 valence electrons. The molecule has 0 heterocycles. The summed E-state index contributed by atoms with van der Waals surface area (Å²) in [5.41, 5.74) is 2.13. The second kappa shape index (κ2) is 7.49. The van der Waals surface area contributed by atoms with E-state index in [-0.39, 0.29) is 30.0 Å². The van der Waals surface area contributed by atoms with Crippen molar-refractivity contribution in [3.63, 3.8) is 0 Å². The second-order valence-corrected chi connectivity index (χ2v) is 8.85. The van der Waals surface area contributed by atoms with Crippen LogP contribution in [-0.4, -0.2) is 31.9 Å². The molecule has 4 rings (SSSR count). The monoisotopic (exact) mass is 418 g/mol. The van der Waals surface area contributed by atoms with Crippen LogP contribution in [-0.2, 0) is 24.5 Å². The van der Waals surface area contributed by atoms with Crippen LogP contribution in [0.3, 0.4) is 0 Å². The fourth-order valence-corrected chi connectivity index (χ4v) is 5.32. The van der Waals surface area contributed by atoms with Crippen molar-refractivity contribution < 1.29 is 23.9 Å². The number of hydrogen-bond donors (Lipinski definition) is 0. The van der Waals surface area contributed by atoms with E-state index in [0.717, 1.165) is 16.7 Å². The number of hydrogen-bond acceptors (Lipinski definition) is 5. The van der Waals surface area contributed by atoms with E-state index in [1.807, 2.05) is 24.3 Å². The minimum Gasteiger partial charge on any atom is -0.468 e. The molecule has 31 heavy (non-hydrogen) atoms. The average Bonchev–Trinajstić information content (AvgIpc) is 3.04. The van der Waals surface area contributed by atoms with Crippen molar-refractivity contribution in [3.8, 4) is 0 Å². The molecule has 1 unspecified atom stereocenters. The van der Waals surface area contributed by atoms with Gasteiger partial charge in [0.15, 0.2) is 11.2 Å². The van der Waals surface area contributed by atoms with Crippen LogP contribution < -0.4 is 0 Å². The summed E-state index contributed by atoms with van der Waals surface area (Å²) in [4.78, 5) is 39.7. The van der Waals surface area contributed by atoms with Gasteiger partial charge in [-0.2, -0.15) is 0 Å². The summed E-state index contributed by atoms with van der Waals surface area (Å²) in [6.45, 7) is 4.19. The predicted molar refractivity (Wildman–Crippen MR) is 116 cm³/mol. The number of benzene rings is 2. The predicted octanol–water partition coefficient (Wildman–Crippen LogP) is 4.36. The molecular weight excluding hydrogens is 392 g/mol. The van der Waals surface area contributed by atoms with Gasteiger partial charge < -0.3 is 9.47 Å². The Morgan fingerprint density at radius 2 is 1.45 bits per heavy atom. The normalized spacial score (nSPS) is 20.5. The third-order valence-corrected chi connectivity index (χ3v) is 6.95. The van der Waals surface area contributed by atoms with Crippen LogP contribution in [0.25, 0.3) is 5.57 Å². The van der Waals surface area contributed by atoms with Gasteiger partial charge in [0.05, 0.1) is 14.2 Å². The summed E-state index contributed by atoms with van der Waals surface area (Å²) in [6.07, 6.45) is 0.186. The van der Waals surface area contributed by atoms with Gasteiger partial charge in [-0.15, -0.1) is 0 Å². The number of ether oxygens (including phenoxy) is 2. The van der Waals surface area contributed by atoms with E-state index in [1.165, 1.54) is 14.2 Å². The van der Waals surface area contributed by atoms with E-state index in [2.05, 4.69) is 19.9 Å². The van der Waals surface area contributed by atoms with Crippen molar-refractivity contribution in [1.82, 2.24) is 0 Å². The highest BCUT2D eigenvalue weighted by Gasteiger charge is 2.59. The Labute approximate surface area is 182 Å². The van der Waals surface area contributed by atoms with Gasteiger partial charge in [0.25, 0.3) is 0 Å². The van der Waals surface area contributed by atoms with Crippen molar-refractivity contribution in [2.75, 3.05) is 14.2 Å². The number of rotatable bonds is 4. The zero-order valence-electron chi connectivity index (χ0n) is 18.2. The molecule has 0 N–H and O–H groups in total. The largest absolute Gasteiger partial charge is 0.468 e. The summed E-state index contributed by atoms with van der Waals surface area (Å²) in [5, 5.41) is 0. The van der Waals surface area contributed by atoms with Gasteiger partial charge in [-0.05, 0) is 34.5 Å². The minimum atomic E-state index is -1.56. The number of carbonyl (C=O) groups is 3. The molecule has 0 aliphatic heterocycles. The number of ketones is 1. The minimum absolute atomic E-state index is 0.0453. The van der Waals surface area contributed by atoms with Crippen molar-refractivity contribution in [2.45, 2.75) is 32.1 Å². The van der Waals surface area contributed by atoms with Crippen LogP contribution in [0.1, 0.15) is 48.2 Å². The van der Waals surface area contributed by atoms with Gasteiger partial charge in [-0.3, -0.25) is 14.4 Å². The number of carbonyl (C=O) groups excluding carboxylic acids is 3. The van der Waals surface area contributed by atoms with Gasteiger partial charge in [0.2, 0.25) is 0 Å². The fourth-order valence-electron chi connectivity index (χ4n) is 5.32. The van der Waals surface area contributed by atoms with Gasteiger partial charge in [0.1, 0.15) is 0 Å². The lowest BCUT2D eigenvalue weighted by molar-refractivity contribution is -0.170. The Morgan fingerprint density at radius 3 is 2.06 bits per heavy atom. The molecule has 0 fully saturated rings. The molecule has 0 amide bonds. The maximum Gasteiger partial charge on any atom is 0.323 e. The maximum atomic E-state index is 13.7. The van der Waals surface area contributed by atoms with E-state index < -0.39 is 17.4 Å². The van der Waals surface area contributed by atoms with E-state index in [9.17, 15) is 14.4 Å². The first-order valence-corrected chi connectivity index (χ1v) is 10.4. The molecule has 0 bridgehead atoms. The zero-order chi connectivity index (χ0) is 22.4. The van der Waals surface area contributed by atoms with E-state index in [1.54, 1.807) is 24.3 Å². The Kier molecular flexibility index (Phi) is 5.08. The molecule has 2 aliphatic carbocycles. The first kappa shape index (κ1) is 21.0. The highest BCUT2D eigenvalue weighted by molar-refractivity contribution is 6.16. The Hall–Kier alpha value is -3.21. The van der Waals surface area contributed by atoms with E-state index >= 15 is 0 Å². The Bertz CT molecular complexity index is 1080. The Morgan fingerprint density at radius 1 is 0.871 bits per heavy atom. The van der Waals surface area contributed by atoms with Crippen LogP contribution in [0.4, 0.5) is 0 Å². The molecule has 5 heteroatoms. The third kappa shape index (κ3) is 3.02. The van der Waals surface area contributed by atoms with Crippen LogP contribution in [0.15, 0.2) is 60.2 Å². The SMILES string of the molecule is COC(=O)C1(C(=O)OC)CC(C(=O)c2ccccc2)=C2c3ccccc3C(C)(C)C2C1. The summed E-state index contributed by atoms with van der Waals surface area (Å²) < 4.78 is 10.1. The fraction of sp³-hybridized carbons (Fsp3) is 0.346. The van der Waals surface area contributed by atoms with E-state index in [0.29, 0.717) is 11.1 Å². The second-order valence-electron chi connectivity index (χ2n) is 8.85. The molecule has 0 aromatic heterocycles. The van der Waals surface area contributed by atoms with Crippen LogP contribution >= 0.6 is 0 Å². The summed E-state index contributed by atoms with van der Waals surface area (Å²) in [6, 6.07) is 17.0. The first-order valence-electron chi connectivity index (χ1n) is 10.4. The zero-order valence-corrected chi connectivity index (χ0v) is 18.2. The summed E-state index contributed by atoms with van der Waals surface area (Å²) in [5.74, 6) is -1.71. The molecule has 5 nitrogen and oxygen atoms in total. The van der Waals surface area contributed by atoms with Gasteiger partial charge in [0, 0.05) is 17.6 Å². The van der Waals surface area contributed by atoms with Crippen LogP contribution in [0.5, 0.6) is 0 Å². The Balaban J connectivity index is 2.00. The van der Waals surface area contributed by atoms with Gasteiger partial charge >= 0.3 is 11.9 Å². The lowest BCUT2D eigenvalue weighted by Gasteiger charge is -2.41. The number of Topliss-reactive ketones (excluding diaryl/α,β-unsaturated/α-hetero) is 1. The molecule has 1 atom stereocenters. The third-order valence-electron chi connectivity index (χ3n) is 6.95. The first-order chi connectivity index (χ1) is 14.8. The molecule has 0 spiro atoms. The lowest BCUT2D eigenvalue weighted by Crippen LogP contribution is -2.48. The molecule has 0 radical (unpaired) electrons. The number of esters is 2.